The summed E-state index contributed by atoms with van der Waals surface area (Å²) in [5, 5.41) is 2.83. The van der Waals surface area contributed by atoms with Crippen LogP contribution in [0.2, 0.25) is 0 Å². The Labute approximate surface area is 215 Å². The van der Waals surface area contributed by atoms with Gasteiger partial charge in [-0.1, -0.05) is 25.5 Å². The predicted octanol–water partition coefficient (Wildman–Crippen LogP) is 5.25. The van der Waals surface area contributed by atoms with Gasteiger partial charge in [-0.05, 0) is 86.5 Å². The van der Waals surface area contributed by atoms with E-state index in [1.54, 1.807) is 0 Å². The maximum atomic E-state index is 13.4. The van der Waals surface area contributed by atoms with Crippen molar-refractivity contribution >= 4 is 23.4 Å². The fourth-order valence-corrected chi connectivity index (χ4v) is 8.32. The zero-order valence-electron chi connectivity index (χ0n) is 22.9. The lowest BCUT2D eigenvalue weighted by atomic mass is 9.47. The van der Waals surface area contributed by atoms with E-state index in [-0.39, 0.29) is 52.3 Å². The topological polar surface area (TPSA) is 89.5 Å². The van der Waals surface area contributed by atoms with Gasteiger partial charge >= 0.3 is 5.97 Å². The normalized spacial score (nSPS) is 37.6. The average molecular weight is 498 g/mol. The summed E-state index contributed by atoms with van der Waals surface area (Å²) in [7, 11) is 0. The predicted molar refractivity (Wildman–Crippen MR) is 138 cm³/mol. The summed E-state index contributed by atoms with van der Waals surface area (Å²) in [5.41, 5.74) is 2.70. The van der Waals surface area contributed by atoms with Crippen LogP contribution < -0.4 is 5.32 Å². The summed E-state index contributed by atoms with van der Waals surface area (Å²) in [4.78, 5) is 49.4. The molecule has 6 nitrogen and oxygen atoms in total. The van der Waals surface area contributed by atoms with Gasteiger partial charge in [0.05, 0.1) is 0 Å². The lowest BCUT2D eigenvalue weighted by molar-refractivity contribution is -0.148. The summed E-state index contributed by atoms with van der Waals surface area (Å²) >= 11 is 0. The molecule has 3 fully saturated rings. The number of esters is 1. The number of amides is 1. The van der Waals surface area contributed by atoms with Crippen molar-refractivity contribution in [3.8, 4) is 0 Å². The molecule has 0 radical (unpaired) electrons. The highest BCUT2D eigenvalue weighted by Gasteiger charge is 2.60. The number of carbonyl (C=O) groups excluding carboxylic acids is 4. The maximum absolute atomic E-state index is 13.4. The van der Waals surface area contributed by atoms with Crippen molar-refractivity contribution in [3.05, 3.63) is 22.8 Å². The van der Waals surface area contributed by atoms with E-state index in [2.05, 4.69) is 25.2 Å². The Morgan fingerprint density at radius 1 is 1.06 bits per heavy atom. The zero-order chi connectivity index (χ0) is 26.4. The van der Waals surface area contributed by atoms with Crippen LogP contribution in [0.4, 0.5) is 0 Å². The zero-order valence-corrected chi connectivity index (χ0v) is 22.9. The summed E-state index contributed by atoms with van der Waals surface area (Å²) in [6.45, 7) is 11.3. The van der Waals surface area contributed by atoms with Crippen molar-refractivity contribution in [2.75, 3.05) is 0 Å². The molecule has 0 spiro atoms. The molecule has 198 valence electrons. The molecule has 0 aromatic rings. The molecule has 0 heterocycles. The SMILES string of the molecule is CC(=O)N[C@@H](C)CCC(=O)/C(C)=C1\C(=O)C[C@H]2[C@@H]3CC=C4C[C@H](OC(C)=O)CC[C@]4(C)[C@H]3CC[C@]12C. The van der Waals surface area contributed by atoms with Crippen LogP contribution in [-0.2, 0) is 23.9 Å². The van der Waals surface area contributed by atoms with Gasteiger partial charge in [0, 0.05) is 44.7 Å². The first kappa shape index (κ1) is 26.8. The third-order valence-electron chi connectivity index (χ3n) is 10.1. The van der Waals surface area contributed by atoms with Crippen molar-refractivity contribution in [3.63, 3.8) is 0 Å². The Morgan fingerprint density at radius 2 is 1.75 bits per heavy atom. The Morgan fingerprint density at radius 3 is 2.42 bits per heavy atom. The molecule has 4 rings (SSSR count). The van der Waals surface area contributed by atoms with E-state index in [4.69, 9.17) is 4.74 Å². The fourth-order valence-electron chi connectivity index (χ4n) is 8.32. The second-order valence-electron chi connectivity index (χ2n) is 12.4. The van der Waals surface area contributed by atoms with Crippen LogP contribution in [-0.4, -0.2) is 35.6 Å². The molecule has 0 aromatic heterocycles. The summed E-state index contributed by atoms with van der Waals surface area (Å²) in [5.74, 6) is 1.11. The van der Waals surface area contributed by atoms with E-state index in [0.29, 0.717) is 36.7 Å². The largest absolute Gasteiger partial charge is 0.462 e. The van der Waals surface area contributed by atoms with Gasteiger partial charge in [0.15, 0.2) is 11.6 Å². The number of hydrogen-bond donors (Lipinski definition) is 1. The molecule has 0 unspecified atom stereocenters. The van der Waals surface area contributed by atoms with E-state index in [1.165, 1.54) is 19.4 Å². The number of fused-ring (bicyclic) bond motifs is 5. The molecule has 1 amide bonds. The van der Waals surface area contributed by atoms with E-state index in [9.17, 15) is 19.2 Å². The van der Waals surface area contributed by atoms with Gasteiger partial charge in [0.25, 0.3) is 0 Å². The first-order chi connectivity index (χ1) is 16.9. The second kappa shape index (κ2) is 9.90. The summed E-state index contributed by atoms with van der Waals surface area (Å²) in [6, 6.07) is -0.0674. The molecular formula is C30H43NO5. The van der Waals surface area contributed by atoms with Crippen LogP contribution in [0.15, 0.2) is 22.8 Å². The quantitative estimate of drug-likeness (QED) is 0.308. The van der Waals surface area contributed by atoms with Crippen LogP contribution >= 0.6 is 0 Å². The molecule has 0 saturated heterocycles. The number of hydrogen-bond acceptors (Lipinski definition) is 5. The minimum Gasteiger partial charge on any atom is -0.462 e. The van der Waals surface area contributed by atoms with Crippen LogP contribution in [0.3, 0.4) is 0 Å². The van der Waals surface area contributed by atoms with Gasteiger partial charge in [-0.3, -0.25) is 19.2 Å². The lowest BCUT2D eigenvalue weighted by Crippen LogP contribution is -2.49. The fraction of sp³-hybridized carbons (Fsp3) is 0.733. The Balaban J connectivity index is 1.54. The lowest BCUT2D eigenvalue weighted by Gasteiger charge is -2.57. The van der Waals surface area contributed by atoms with E-state index < -0.39 is 0 Å². The maximum Gasteiger partial charge on any atom is 0.302 e. The molecular weight excluding hydrogens is 454 g/mol. The van der Waals surface area contributed by atoms with Crippen molar-refractivity contribution in [2.24, 2.45) is 28.6 Å². The number of nitrogens with one attached hydrogen (secondary N) is 1. The number of ketones is 2. The molecule has 1 N–H and O–H groups in total. The third-order valence-corrected chi connectivity index (χ3v) is 10.1. The van der Waals surface area contributed by atoms with Crippen molar-refractivity contribution in [2.45, 2.75) is 111 Å². The molecule has 36 heavy (non-hydrogen) atoms. The van der Waals surface area contributed by atoms with Crippen molar-refractivity contribution < 1.29 is 23.9 Å². The highest BCUT2D eigenvalue weighted by atomic mass is 16.5. The number of Topliss-reactive ketones (excluding diaryl/α,β-unsaturated/α-hetero) is 2. The molecule has 7 atom stereocenters. The molecule has 0 bridgehead atoms. The first-order valence-corrected chi connectivity index (χ1v) is 13.8. The first-order valence-electron chi connectivity index (χ1n) is 13.8. The Hall–Kier alpha value is -2.24. The highest BCUT2D eigenvalue weighted by molar-refractivity contribution is 6.08. The van der Waals surface area contributed by atoms with Crippen LogP contribution in [0.5, 0.6) is 0 Å². The summed E-state index contributed by atoms with van der Waals surface area (Å²) < 4.78 is 5.55. The van der Waals surface area contributed by atoms with E-state index in [1.807, 2.05) is 13.8 Å². The van der Waals surface area contributed by atoms with Gasteiger partial charge in [0.2, 0.25) is 5.91 Å². The van der Waals surface area contributed by atoms with Crippen LogP contribution in [0.1, 0.15) is 99.3 Å². The molecule has 0 aromatic carbocycles. The van der Waals surface area contributed by atoms with Gasteiger partial charge in [-0.25, -0.2) is 0 Å². The molecule has 0 aliphatic heterocycles. The monoisotopic (exact) mass is 497 g/mol. The molecule has 4 aliphatic carbocycles. The average Bonchev–Trinajstić information content (AvgIpc) is 3.06. The van der Waals surface area contributed by atoms with Crippen LogP contribution in [0.25, 0.3) is 0 Å². The number of carbonyl (C=O) groups is 4. The van der Waals surface area contributed by atoms with Gasteiger partial charge < -0.3 is 10.1 Å². The Kier molecular flexibility index (Phi) is 7.38. The minimum atomic E-state index is -0.252. The van der Waals surface area contributed by atoms with Crippen LogP contribution in [0, 0.1) is 28.6 Å². The minimum absolute atomic E-state index is 0.0168. The van der Waals surface area contributed by atoms with E-state index >= 15 is 0 Å². The van der Waals surface area contributed by atoms with Crippen molar-refractivity contribution in [1.29, 1.82) is 0 Å². The van der Waals surface area contributed by atoms with Gasteiger partial charge in [-0.15, -0.1) is 0 Å². The van der Waals surface area contributed by atoms with Gasteiger partial charge in [-0.2, -0.15) is 0 Å². The Bertz CT molecular complexity index is 1020. The molecule has 6 heteroatoms. The van der Waals surface area contributed by atoms with E-state index in [0.717, 1.165) is 44.1 Å². The molecule has 3 saturated carbocycles. The number of rotatable bonds is 6. The van der Waals surface area contributed by atoms with Gasteiger partial charge in [0.1, 0.15) is 6.10 Å². The second-order valence-corrected chi connectivity index (χ2v) is 12.4. The molecule has 4 aliphatic rings. The highest BCUT2D eigenvalue weighted by Crippen LogP contribution is 2.65. The van der Waals surface area contributed by atoms with Crippen molar-refractivity contribution in [1.82, 2.24) is 5.32 Å². The standard InChI is InChI=1S/C30H43NO5/c1-17(31-19(3)32)7-10-26(34)18(2)28-27(35)16-25-23-9-8-21-15-22(36-20(4)33)11-13-29(21,5)24(23)12-14-30(25,28)6/h8,17,22-25H,7,9-16H2,1-6H3,(H,31,32)/b28-18+/t17-,22+,23+,24-,25-,29-,30-/m0/s1. The summed E-state index contributed by atoms with van der Waals surface area (Å²) in [6.07, 6.45) is 9.51. The number of ether oxygens (including phenoxy) is 1. The number of allylic oxidation sites excluding steroid dienone is 3. The third kappa shape index (κ3) is 4.72. The smallest absolute Gasteiger partial charge is 0.302 e.